The van der Waals surface area contributed by atoms with Gasteiger partial charge in [0, 0.05) is 26.0 Å². The van der Waals surface area contributed by atoms with E-state index in [1.54, 1.807) is 18.9 Å². The maximum absolute atomic E-state index is 11.0. The van der Waals surface area contributed by atoms with Crippen molar-refractivity contribution >= 4 is 17.7 Å². The van der Waals surface area contributed by atoms with Crippen LogP contribution >= 0.6 is 11.8 Å². The van der Waals surface area contributed by atoms with Crippen LogP contribution in [0.4, 0.5) is 0 Å². The van der Waals surface area contributed by atoms with Crippen LogP contribution in [-0.2, 0) is 9.53 Å². The van der Waals surface area contributed by atoms with E-state index < -0.39 is 0 Å². The standard InChI is InChI=1S/C8H18N2O2S/c1-12-5-3-10-8(11)7-9-4-6-13-2/h9H,3-7H2,1-2H3,(H,10,11). The third-order valence-electron chi connectivity index (χ3n) is 1.40. The van der Waals surface area contributed by atoms with Gasteiger partial charge in [-0.25, -0.2) is 0 Å². The van der Waals surface area contributed by atoms with Gasteiger partial charge in [0.15, 0.2) is 0 Å². The molecule has 1 amide bonds. The summed E-state index contributed by atoms with van der Waals surface area (Å²) in [6.07, 6.45) is 2.04. The Morgan fingerprint density at radius 3 is 2.85 bits per heavy atom. The quantitative estimate of drug-likeness (QED) is 0.535. The van der Waals surface area contributed by atoms with Gasteiger partial charge >= 0.3 is 0 Å². The van der Waals surface area contributed by atoms with Crippen molar-refractivity contribution in [3.8, 4) is 0 Å². The second kappa shape index (κ2) is 9.83. The molecule has 2 N–H and O–H groups in total. The molecule has 13 heavy (non-hydrogen) atoms. The summed E-state index contributed by atoms with van der Waals surface area (Å²) in [6, 6.07) is 0. The third kappa shape index (κ3) is 9.66. The lowest BCUT2D eigenvalue weighted by Gasteiger charge is -2.05. The molecule has 0 spiro atoms. The molecular formula is C8H18N2O2S. The maximum Gasteiger partial charge on any atom is 0.234 e. The van der Waals surface area contributed by atoms with Gasteiger partial charge in [-0.2, -0.15) is 11.8 Å². The minimum Gasteiger partial charge on any atom is -0.383 e. The molecule has 5 heteroatoms. The summed E-state index contributed by atoms with van der Waals surface area (Å²) in [7, 11) is 1.61. The van der Waals surface area contributed by atoms with E-state index in [2.05, 4.69) is 10.6 Å². The van der Waals surface area contributed by atoms with Crippen molar-refractivity contribution in [1.82, 2.24) is 10.6 Å². The van der Waals surface area contributed by atoms with Gasteiger partial charge in [0.1, 0.15) is 0 Å². The van der Waals surface area contributed by atoms with Crippen LogP contribution in [0.3, 0.4) is 0 Å². The molecule has 0 unspecified atom stereocenters. The molecule has 0 bridgehead atoms. The normalized spacial score (nSPS) is 10.0. The number of thioether (sulfide) groups is 1. The molecule has 0 atom stereocenters. The zero-order chi connectivity index (χ0) is 9.94. The smallest absolute Gasteiger partial charge is 0.234 e. The van der Waals surface area contributed by atoms with E-state index in [-0.39, 0.29) is 5.91 Å². The lowest BCUT2D eigenvalue weighted by molar-refractivity contribution is -0.120. The van der Waals surface area contributed by atoms with Gasteiger partial charge < -0.3 is 15.4 Å². The Morgan fingerprint density at radius 1 is 1.46 bits per heavy atom. The second-order valence-electron chi connectivity index (χ2n) is 2.51. The molecule has 0 aliphatic rings. The highest BCUT2D eigenvalue weighted by atomic mass is 32.2. The number of amides is 1. The van der Waals surface area contributed by atoms with Crippen LogP contribution in [0.5, 0.6) is 0 Å². The summed E-state index contributed by atoms with van der Waals surface area (Å²) in [4.78, 5) is 11.0. The zero-order valence-corrected chi connectivity index (χ0v) is 9.08. The van der Waals surface area contributed by atoms with E-state index >= 15 is 0 Å². The monoisotopic (exact) mass is 206 g/mol. The number of carbonyl (C=O) groups excluding carboxylic acids is 1. The Kier molecular flexibility index (Phi) is 9.63. The van der Waals surface area contributed by atoms with Crippen LogP contribution in [0.15, 0.2) is 0 Å². The molecule has 0 fully saturated rings. The van der Waals surface area contributed by atoms with Crippen LogP contribution in [0.2, 0.25) is 0 Å². The van der Waals surface area contributed by atoms with Gasteiger partial charge in [-0.1, -0.05) is 0 Å². The van der Waals surface area contributed by atoms with Crippen molar-refractivity contribution in [2.45, 2.75) is 0 Å². The van der Waals surface area contributed by atoms with Crippen molar-refractivity contribution < 1.29 is 9.53 Å². The summed E-state index contributed by atoms with van der Waals surface area (Å²) in [5.74, 6) is 1.06. The van der Waals surface area contributed by atoms with Gasteiger partial charge in [-0.05, 0) is 6.26 Å². The number of nitrogens with one attached hydrogen (secondary N) is 2. The minimum atomic E-state index is 0.0261. The first-order chi connectivity index (χ1) is 6.31. The molecule has 0 aromatic carbocycles. The zero-order valence-electron chi connectivity index (χ0n) is 8.26. The highest BCUT2D eigenvalue weighted by Gasteiger charge is 1.97. The molecule has 0 aliphatic heterocycles. The highest BCUT2D eigenvalue weighted by molar-refractivity contribution is 7.98. The van der Waals surface area contributed by atoms with Crippen LogP contribution in [0, 0.1) is 0 Å². The molecule has 78 valence electrons. The van der Waals surface area contributed by atoms with E-state index in [0.717, 1.165) is 12.3 Å². The predicted molar refractivity (Wildman–Crippen MR) is 56.1 cm³/mol. The Bertz CT molecular complexity index is 133. The van der Waals surface area contributed by atoms with E-state index in [1.165, 1.54) is 0 Å². The predicted octanol–water partition coefficient (Wildman–Crippen LogP) is -0.298. The summed E-state index contributed by atoms with van der Waals surface area (Å²) >= 11 is 1.76. The van der Waals surface area contributed by atoms with Crippen molar-refractivity contribution in [2.24, 2.45) is 0 Å². The fraction of sp³-hybridized carbons (Fsp3) is 0.875. The Labute approximate surface area is 83.8 Å². The fourth-order valence-corrected chi connectivity index (χ4v) is 1.08. The summed E-state index contributed by atoms with van der Waals surface area (Å²) in [5, 5.41) is 5.77. The van der Waals surface area contributed by atoms with Crippen molar-refractivity contribution in [3.05, 3.63) is 0 Å². The molecule has 0 aromatic rings. The SMILES string of the molecule is COCCNC(=O)CNCCSC. The molecule has 0 heterocycles. The topological polar surface area (TPSA) is 50.4 Å². The third-order valence-corrected chi connectivity index (χ3v) is 2.01. The summed E-state index contributed by atoms with van der Waals surface area (Å²) in [5.41, 5.74) is 0. The lowest BCUT2D eigenvalue weighted by atomic mass is 10.5. The lowest BCUT2D eigenvalue weighted by Crippen LogP contribution is -2.36. The van der Waals surface area contributed by atoms with Gasteiger partial charge in [0.05, 0.1) is 13.2 Å². The summed E-state index contributed by atoms with van der Waals surface area (Å²) < 4.78 is 4.80. The van der Waals surface area contributed by atoms with E-state index in [0.29, 0.717) is 19.7 Å². The van der Waals surface area contributed by atoms with Gasteiger partial charge in [0.25, 0.3) is 0 Å². The van der Waals surface area contributed by atoms with Crippen LogP contribution in [0.1, 0.15) is 0 Å². The van der Waals surface area contributed by atoms with Crippen molar-refractivity contribution in [3.63, 3.8) is 0 Å². The molecule has 0 radical (unpaired) electrons. The highest BCUT2D eigenvalue weighted by Crippen LogP contribution is 1.86. The van der Waals surface area contributed by atoms with Crippen LogP contribution in [-0.4, -0.2) is 51.3 Å². The first-order valence-corrected chi connectivity index (χ1v) is 5.66. The first kappa shape index (κ1) is 12.7. The van der Waals surface area contributed by atoms with Crippen molar-refractivity contribution in [1.29, 1.82) is 0 Å². The van der Waals surface area contributed by atoms with E-state index in [9.17, 15) is 4.79 Å². The number of rotatable bonds is 8. The van der Waals surface area contributed by atoms with E-state index in [1.807, 2.05) is 6.26 Å². The molecule has 0 aliphatic carbocycles. The van der Waals surface area contributed by atoms with Crippen LogP contribution in [0.25, 0.3) is 0 Å². The Morgan fingerprint density at radius 2 is 2.23 bits per heavy atom. The number of carbonyl (C=O) groups is 1. The molecule has 0 aromatic heterocycles. The van der Waals surface area contributed by atoms with Gasteiger partial charge in [-0.3, -0.25) is 4.79 Å². The average molecular weight is 206 g/mol. The molecule has 0 saturated carbocycles. The van der Waals surface area contributed by atoms with E-state index in [4.69, 9.17) is 4.74 Å². The molecule has 4 nitrogen and oxygen atoms in total. The Balaban J connectivity index is 3.11. The molecule has 0 saturated heterocycles. The number of hydrogen-bond acceptors (Lipinski definition) is 4. The summed E-state index contributed by atoms with van der Waals surface area (Å²) in [6.45, 7) is 2.42. The maximum atomic E-state index is 11.0. The second-order valence-corrected chi connectivity index (χ2v) is 3.50. The average Bonchev–Trinajstić information content (AvgIpc) is 2.13. The van der Waals surface area contributed by atoms with Gasteiger partial charge in [0.2, 0.25) is 5.91 Å². The van der Waals surface area contributed by atoms with Crippen LogP contribution < -0.4 is 10.6 Å². The van der Waals surface area contributed by atoms with Gasteiger partial charge in [-0.15, -0.1) is 0 Å². The molecule has 0 rings (SSSR count). The molecular weight excluding hydrogens is 188 g/mol. The first-order valence-electron chi connectivity index (χ1n) is 4.26. The largest absolute Gasteiger partial charge is 0.383 e. The Hall–Kier alpha value is -0.260. The van der Waals surface area contributed by atoms with Crippen molar-refractivity contribution in [2.75, 3.05) is 45.4 Å². The number of hydrogen-bond donors (Lipinski definition) is 2. The minimum absolute atomic E-state index is 0.0261. The fourth-order valence-electron chi connectivity index (χ4n) is 0.731. The number of methoxy groups -OCH3 is 1. The number of ether oxygens (including phenoxy) is 1.